The summed E-state index contributed by atoms with van der Waals surface area (Å²) in [4.78, 5) is 12.7. The van der Waals surface area contributed by atoms with Crippen LogP contribution in [0, 0.1) is 0 Å². The van der Waals surface area contributed by atoms with Gasteiger partial charge in [0.1, 0.15) is 5.00 Å². The molecule has 1 aromatic rings. The molecule has 4 heteroatoms. The standard InChI is InChI=1S/C11H17NO2S/c1-4-5-8-6-9(10(12)15-8)11(13)14-7(2)3/h6-7H,4-5,12H2,1-3H3. The molecule has 0 saturated carbocycles. The normalized spacial score (nSPS) is 10.7. The van der Waals surface area contributed by atoms with Crippen LogP contribution >= 0.6 is 11.3 Å². The number of nitrogens with two attached hydrogens (primary N) is 1. The van der Waals surface area contributed by atoms with Gasteiger partial charge in [-0.1, -0.05) is 13.3 Å². The number of carbonyl (C=O) groups excluding carboxylic acids is 1. The molecular weight excluding hydrogens is 210 g/mol. The molecule has 0 radical (unpaired) electrons. The fourth-order valence-electron chi connectivity index (χ4n) is 1.26. The van der Waals surface area contributed by atoms with E-state index >= 15 is 0 Å². The molecule has 1 aromatic heterocycles. The maximum absolute atomic E-state index is 11.6. The van der Waals surface area contributed by atoms with Crippen LogP contribution < -0.4 is 5.73 Å². The van der Waals surface area contributed by atoms with Gasteiger partial charge in [0, 0.05) is 4.88 Å². The van der Waals surface area contributed by atoms with E-state index in [1.807, 2.05) is 19.9 Å². The van der Waals surface area contributed by atoms with Gasteiger partial charge in [0.2, 0.25) is 0 Å². The van der Waals surface area contributed by atoms with Crippen molar-refractivity contribution in [2.45, 2.75) is 39.7 Å². The van der Waals surface area contributed by atoms with Crippen molar-refractivity contribution < 1.29 is 9.53 Å². The summed E-state index contributed by atoms with van der Waals surface area (Å²) in [5.41, 5.74) is 6.28. The van der Waals surface area contributed by atoms with E-state index in [9.17, 15) is 4.79 Å². The van der Waals surface area contributed by atoms with Gasteiger partial charge >= 0.3 is 5.97 Å². The number of hydrogen-bond donors (Lipinski definition) is 1. The lowest BCUT2D eigenvalue weighted by Gasteiger charge is -2.06. The zero-order chi connectivity index (χ0) is 11.4. The number of rotatable bonds is 4. The van der Waals surface area contributed by atoms with Crippen molar-refractivity contribution in [3.05, 3.63) is 16.5 Å². The Hall–Kier alpha value is -1.03. The summed E-state index contributed by atoms with van der Waals surface area (Å²) in [7, 11) is 0. The van der Waals surface area contributed by atoms with E-state index in [2.05, 4.69) is 6.92 Å². The quantitative estimate of drug-likeness (QED) is 0.805. The summed E-state index contributed by atoms with van der Waals surface area (Å²) in [5.74, 6) is -0.318. The fraction of sp³-hybridized carbons (Fsp3) is 0.545. The SMILES string of the molecule is CCCc1cc(C(=O)OC(C)C)c(N)s1. The van der Waals surface area contributed by atoms with Crippen molar-refractivity contribution in [1.82, 2.24) is 0 Å². The Bertz CT molecular complexity index is 344. The van der Waals surface area contributed by atoms with Crippen LogP contribution in [-0.2, 0) is 11.2 Å². The van der Waals surface area contributed by atoms with Gasteiger partial charge in [-0.3, -0.25) is 0 Å². The highest BCUT2D eigenvalue weighted by Crippen LogP contribution is 2.26. The first-order chi connectivity index (χ1) is 7.04. The molecule has 0 unspecified atom stereocenters. The fourth-order valence-corrected chi connectivity index (χ4v) is 2.28. The van der Waals surface area contributed by atoms with Gasteiger partial charge in [-0.25, -0.2) is 4.79 Å². The average Bonchev–Trinajstić information content (AvgIpc) is 2.46. The molecule has 2 N–H and O–H groups in total. The second-order valence-corrected chi connectivity index (χ2v) is 4.86. The molecule has 0 aromatic carbocycles. The maximum Gasteiger partial charge on any atom is 0.341 e. The monoisotopic (exact) mass is 227 g/mol. The maximum atomic E-state index is 11.6. The number of ether oxygens (including phenoxy) is 1. The molecule has 1 rings (SSSR count). The van der Waals surface area contributed by atoms with Crippen molar-refractivity contribution in [1.29, 1.82) is 0 Å². The Labute approximate surface area is 94.2 Å². The Balaban J connectivity index is 2.80. The van der Waals surface area contributed by atoms with Gasteiger partial charge in [0.15, 0.2) is 0 Å². The Morgan fingerprint density at radius 1 is 1.60 bits per heavy atom. The lowest BCUT2D eigenvalue weighted by atomic mass is 10.2. The summed E-state index contributed by atoms with van der Waals surface area (Å²) in [6, 6.07) is 1.84. The van der Waals surface area contributed by atoms with E-state index < -0.39 is 0 Å². The van der Waals surface area contributed by atoms with Gasteiger partial charge in [-0.15, -0.1) is 11.3 Å². The second kappa shape index (κ2) is 5.16. The summed E-state index contributed by atoms with van der Waals surface area (Å²) in [6.07, 6.45) is 1.91. The molecule has 84 valence electrons. The summed E-state index contributed by atoms with van der Waals surface area (Å²) >= 11 is 1.47. The molecule has 0 atom stereocenters. The van der Waals surface area contributed by atoms with Crippen molar-refractivity contribution in [2.24, 2.45) is 0 Å². The number of thiophene rings is 1. The first-order valence-electron chi connectivity index (χ1n) is 5.13. The van der Waals surface area contributed by atoms with E-state index in [0.29, 0.717) is 10.6 Å². The lowest BCUT2D eigenvalue weighted by Crippen LogP contribution is -2.12. The number of carbonyl (C=O) groups is 1. The topological polar surface area (TPSA) is 52.3 Å². The second-order valence-electron chi connectivity index (χ2n) is 3.69. The van der Waals surface area contributed by atoms with Gasteiger partial charge < -0.3 is 10.5 Å². The van der Waals surface area contributed by atoms with Gasteiger partial charge in [0.25, 0.3) is 0 Å². The molecule has 15 heavy (non-hydrogen) atoms. The van der Waals surface area contributed by atoms with Crippen molar-refractivity contribution in [3.63, 3.8) is 0 Å². The van der Waals surface area contributed by atoms with E-state index in [4.69, 9.17) is 10.5 Å². The molecule has 0 spiro atoms. The van der Waals surface area contributed by atoms with Gasteiger partial charge in [-0.05, 0) is 26.3 Å². The molecule has 0 bridgehead atoms. The Morgan fingerprint density at radius 3 is 2.80 bits per heavy atom. The van der Waals surface area contributed by atoms with Crippen LogP contribution in [-0.4, -0.2) is 12.1 Å². The molecule has 0 aliphatic carbocycles. The third-order valence-electron chi connectivity index (χ3n) is 1.87. The molecule has 3 nitrogen and oxygen atoms in total. The minimum atomic E-state index is -0.318. The van der Waals surface area contributed by atoms with Crippen molar-refractivity contribution in [2.75, 3.05) is 5.73 Å². The predicted octanol–water partition coefficient (Wildman–Crippen LogP) is 2.85. The van der Waals surface area contributed by atoms with E-state index in [-0.39, 0.29) is 12.1 Å². The van der Waals surface area contributed by atoms with Crippen LogP contribution in [0.2, 0.25) is 0 Å². The third kappa shape index (κ3) is 3.23. The van der Waals surface area contributed by atoms with E-state index in [1.54, 1.807) is 0 Å². The predicted molar refractivity (Wildman–Crippen MR) is 63.3 cm³/mol. The zero-order valence-electron chi connectivity index (χ0n) is 9.37. The smallest absolute Gasteiger partial charge is 0.341 e. The molecular formula is C11H17NO2S. The largest absolute Gasteiger partial charge is 0.459 e. The minimum Gasteiger partial charge on any atom is -0.459 e. The molecule has 1 heterocycles. The van der Waals surface area contributed by atoms with Crippen LogP contribution in [0.1, 0.15) is 42.4 Å². The van der Waals surface area contributed by atoms with Gasteiger partial charge in [0.05, 0.1) is 11.7 Å². The molecule has 0 fully saturated rings. The summed E-state index contributed by atoms with van der Waals surface area (Å²) in [5, 5.41) is 0.559. The average molecular weight is 227 g/mol. The van der Waals surface area contributed by atoms with E-state index in [1.165, 1.54) is 11.3 Å². The van der Waals surface area contributed by atoms with Crippen LogP contribution in [0.4, 0.5) is 5.00 Å². The first kappa shape index (κ1) is 12.0. The van der Waals surface area contributed by atoms with Crippen molar-refractivity contribution in [3.8, 4) is 0 Å². The Morgan fingerprint density at radius 2 is 2.27 bits per heavy atom. The highest BCUT2D eigenvalue weighted by atomic mass is 32.1. The van der Waals surface area contributed by atoms with Crippen LogP contribution in [0.25, 0.3) is 0 Å². The number of nitrogen functional groups attached to an aromatic ring is 1. The molecule has 0 aliphatic rings. The number of aryl methyl sites for hydroxylation is 1. The zero-order valence-corrected chi connectivity index (χ0v) is 10.2. The summed E-state index contributed by atoms with van der Waals surface area (Å²) in [6.45, 7) is 5.75. The number of anilines is 1. The first-order valence-corrected chi connectivity index (χ1v) is 5.95. The van der Waals surface area contributed by atoms with Crippen LogP contribution in [0.5, 0.6) is 0 Å². The van der Waals surface area contributed by atoms with Crippen molar-refractivity contribution >= 4 is 22.3 Å². The van der Waals surface area contributed by atoms with Gasteiger partial charge in [-0.2, -0.15) is 0 Å². The highest BCUT2D eigenvalue weighted by Gasteiger charge is 2.16. The summed E-state index contributed by atoms with van der Waals surface area (Å²) < 4.78 is 5.10. The number of hydrogen-bond acceptors (Lipinski definition) is 4. The number of esters is 1. The van der Waals surface area contributed by atoms with Crippen LogP contribution in [0.15, 0.2) is 6.07 Å². The Kier molecular flexibility index (Phi) is 4.15. The highest BCUT2D eigenvalue weighted by molar-refractivity contribution is 7.16. The van der Waals surface area contributed by atoms with E-state index in [0.717, 1.165) is 17.7 Å². The van der Waals surface area contributed by atoms with Crippen LogP contribution in [0.3, 0.4) is 0 Å². The minimum absolute atomic E-state index is 0.105. The molecule has 0 aliphatic heterocycles. The third-order valence-corrected chi connectivity index (χ3v) is 2.89. The molecule has 0 saturated heterocycles. The molecule has 0 amide bonds. The lowest BCUT2D eigenvalue weighted by molar-refractivity contribution is 0.0379.